The van der Waals surface area contributed by atoms with Gasteiger partial charge < -0.3 is 4.74 Å². The van der Waals surface area contributed by atoms with Crippen molar-refractivity contribution in [3.05, 3.63) is 64.2 Å². The van der Waals surface area contributed by atoms with Gasteiger partial charge in [0.2, 0.25) is 0 Å². The molecule has 0 N–H and O–H groups in total. The summed E-state index contributed by atoms with van der Waals surface area (Å²) in [6.07, 6.45) is 3.65. The fourth-order valence-electron chi connectivity index (χ4n) is 2.98. The van der Waals surface area contributed by atoms with E-state index in [1.165, 1.54) is 36.0 Å². The maximum absolute atomic E-state index is 6.71. The number of alkyl halides is 1. The first-order valence-corrected chi connectivity index (χ1v) is 7.53. The van der Waals surface area contributed by atoms with Gasteiger partial charge in [-0.3, -0.25) is 0 Å². The van der Waals surface area contributed by atoms with Crippen molar-refractivity contribution in [2.24, 2.45) is 0 Å². The molecule has 0 bridgehead atoms. The van der Waals surface area contributed by atoms with Crippen molar-refractivity contribution < 1.29 is 4.74 Å². The molecule has 2 heteroatoms. The van der Waals surface area contributed by atoms with Crippen molar-refractivity contribution in [2.45, 2.75) is 31.6 Å². The van der Waals surface area contributed by atoms with Gasteiger partial charge in [-0.15, -0.1) is 11.6 Å². The molecule has 0 amide bonds. The lowest BCUT2D eigenvalue weighted by atomic mass is 9.98. The summed E-state index contributed by atoms with van der Waals surface area (Å²) in [5, 5.41) is -0.157. The Morgan fingerprint density at radius 2 is 1.85 bits per heavy atom. The van der Waals surface area contributed by atoms with Crippen molar-refractivity contribution in [2.75, 3.05) is 7.11 Å². The first kappa shape index (κ1) is 13.5. The van der Waals surface area contributed by atoms with Gasteiger partial charge in [0.15, 0.2) is 0 Å². The van der Waals surface area contributed by atoms with Crippen molar-refractivity contribution in [3.8, 4) is 5.75 Å². The minimum atomic E-state index is -0.157. The minimum absolute atomic E-state index is 0.157. The lowest BCUT2D eigenvalue weighted by molar-refractivity contribution is 0.410. The minimum Gasteiger partial charge on any atom is -0.496 e. The van der Waals surface area contributed by atoms with Crippen LogP contribution in [0.2, 0.25) is 0 Å². The molecule has 1 aliphatic rings. The molecule has 2 aromatic carbocycles. The molecule has 0 radical (unpaired) electrons. The molecular formula is C18H19ClO. The average molecular weight is 287 g/mol. The second-order valence-electron chi connectivity index (χ2n) is 5.49. The smallest absolute Gasteiger partial charge is 0.123 e. The molecule has 1 aliphatic carbocycles. The maximum atomic E-state index is 6.71. The van der Waals surface area contributed by atoms with Crippen LogP contribution < -0.4 is 4.74 Å². The summed E-state index contributed by atoms with van der Waals surface area (Å²) in [5.41, 5.74) is 6.35. The Balaban J connectivity index is 2.00. The van der Waals surface area contributed by atoms with E-state index >= 15 is 0 Å². The van der Waals surface area contributed by atoms with Gasteiger partial charge in [0.25, 0.3) is 0 Å². The molecule has 0 aromatic heterocycles. The van der Waals surface area contributed by atoms with E-state index in [0.717, 1.165) is 16.9 Å². The maximum Gasteiger partial charge on any atom is 0.123 e. The summed E-state index contributed by atoms with van der Waals surface area (Å²) in [6.45, 7) is 2.08. The summed E-state index contributed by atoms with van der Waals surface area (Å²) in [7, 11) is 1.69. The van der Waals surface area contributed by atoms with Crippen LogP contribution in [0.25, 0.3) is 0 Å². The van der Waals surface area contributed by atoms with E-state index in [1.807, 2.05) is 6.07 Å². The van der Waals surface area contributed by atoms with E-state index in [0.29, 0.717) is 0 Å². The highest BCUT2D eigenvalue weighted by Gasteiger charge is 2.18. The third-order valence-electron chi connectivity index (χ3n) is 4.07. The van der Waals surface area contributed by atoms with Crippen molar-refractivity contribution >= 4 is 11.6 Å². The molecule has 0 spiro atoms. The lowest BCUT2D eigenvalue weighted by Crippen LogP contribution is -1.99. The second-order valence-corrected chi connectivity index (χ2v) is 5.93. The standard InChI is InChI=1S/C18H19ClO/c1-12-6-9-17(20-2)16(10-12)18(19)15-8-7-13-4-3-5-14(13)11-15/h6-11,18H,3-5H2,1-2H3. The molecule has 0 aliphatic heterocycles. The molecule has 3 rings (SSSR count). The van der Waals surface area contributed by atoms with Crippen LogP contribution >= 0.6 is 11.6 Å². The number of methoxy groups -OCH3 is 1. The van der Waals surface area contributed by atoms with Crippen LogP contribution in [0.3, 0.4) is 0 Å². The highest BCUT2D eigenvalue weighted by atomic mass is 35.5. The number of rotatable bonds is 3. The van der Waals surface area contributed by atoms with Gasteiger partial charge in [-0.25, -0.2) is 0 Å². The first-order valence-electron chi connectivity index (χ1n) is 7.09. The van der Waals surface area contributed by atoms with Gasteiger partial charge in [0.1, 0.15) is 5.75 Å². The zero-order chi connectivity index (χ0) is 14.1. The third-order valence-corrected chi connectivity index (χ3v) is 4.56. The first-order chi connectivity index (χ1) is 9.69. The number of halogens is 1. The Labute approximate surface area is 125 Å². The Bertz CT molecular complexity index is 633. The normalized spacial score (nSPS) is 14.9. The van der Waals surface area contributed by atoms with Gasteiger partial charge in [-0.05, 0) is 48.9 Å². The molecule has 0 saturated heterocycles. The van der Waals surface area contributed by atoms with Crippen LogP contribution in [0, 0.1) is 6.92 Å². The quantitative estimate of drug-likeness (QED) is 0.735. The molecule has 104 valence electrons. The predicted octanol–water partition coefficient (Wildman–Crippen LogP) is 4.82. The lowest BCUT2D eigenvalue weighted by Gasteiger charge is -2.16. The van der Waals surface area contributed by atoms with E-state index < -0.39 is 0 Å². The highest BCUT2D eigenvalue weighted by molar-refractivity contribution is 6.22. The zero-order valence-electron chi connectivity index (χ0n) is 11.9. The number of benzene rings is 2. The molecule has 2 aromatic rings. The molecular weight excluding hydrogens is 268 g/mol. The van der Waals surface area contributed by atoms with Crippen LogP contribution in [0.1, 0.15) is 39.6 Å². The number of hydrogen-bond acceptors (Lipinski definition) is 1. The van der Waals surface area contributed by atoms with Crippen molar-refractivity contribution in [1.82, 2.24) is 0 Å². The molecule has 1 nitrogen and oxygen atoms in total. The SMILES string of the molecule is COc1ccc(C)cc1C(Cl)c1ccc2c(c1)CCC2. The van der Waals surface area contributed by atoms with Crippen LogP contribution in [0.5, 0.6) is 5.75 Å². The van der Waals surface area contributed by atoms with Crippen LogP contribution in [-0.4, -0.2) is 7.11 Å². The third kappa shape index (κ3) is 2.43. The Morgan fingerprint density at radius 3 is 2.65 bits per heavy atom. The number of ether oxygens (including phenoxy) is 1. The topological polar surface area (TPSA) is 9.23 Å². The van der Waals surface area contributed by atoms with Gasteiger partial charge in [-0.1, -0.05) is 35.9 Å². The number of hydrogen-bond donors (Lipinski definition) is 0. The highest BCUT2D eigenvalue weighted by Crippen LogP contribution is 2.37. The van der Waals surface area contributed by atoms with E-state index in [9.17, 15) is 0 Å². The van der Waals surface area contributed by atoms with Crippen molar-refractivity contribution in [1.29, 1.82) is 0 Å². The largest absolute Gasteiger partial charge is 0.496 e. The summed E-state index contributed by atoms with van der Waals surface area (Å²) in [5.74, 6) is 0.857. The Kier molecular flexibility index (Phi) is 3.71. The second kappa shape index (κ2) is 5.49. The van der Waals surface area contributed by atoms with Gasteiger partial charge in [0.05, 0.1) is 12.5 Å². The van der Waals surface area contributed by atoms with E-state index in [1.54, 1.807) is 7.11 Å². The van der Waals surface area contributed by atoms with Gasteiger partial charge in [0, 0.05) is 5.56 Å². The summed E-state index contributed by atoms with van der Waals surface area (Å²) in [4.78, 5) is 0. The predicted molar refractivity (Wildman–Crippen MR) is 83.9 cm³/mol. The van der Waals surface area contributed by atoms with Gasteiger partial charge >= 0.3 is 0 Å². The fraction of sp³-hybridized carbons (Fsp3) is 0.333. The van der Waals surface area contributed by atoms with Crippen LogP contribution in [0.4, 0.5) is 0 Å². The molecule has 1 atom stereocenters. The fourth-order valence-corrected chi connectivity index (χ4v) is 3.29. The summed E-state index contributed by atoms with van der Waals surface area (Å²) >= 11 is 6.71. The molecule has 0 heterocycles. The van der Waals surface area contributed by atoms with Crippen molar-refractivity contribution in [3.63, 3.8) is 0 Å². The summed E-state index contributed by atoms with van der Waals surface area (Å²) in [6, 6.07) is 12.8. The zero-order valence-corrected chi connectivity index (χ0v) is 12.7. The van der Waals surface area contributed by atoms with E-state index in [2.05, 4.69) is 37.3 Å². The molecule has 0 saturated carbocycles. The summed E-state index contributed by atoms with van der Waals surface area (Å²) < 4.78 is 5.45. The Hall–Kier alpha value is -1.47. The van der Waals surface area contributed by atoms with Crippen LogP contribution in [-0.2, 0) is 12.8 Å². The van der Waals surface area contributed by atoms with Crippen LogP contribution in [0.15, 0.2) is 36.4 Å². The molecule has 1 unspecified atom stereocenters. The monoisotopic (exact) mass is 286 g/mol. The number of fused-ring (bicyclic) bond motifs is 1. The van der Waals surface area contributed by atoms with E-state index in [-0.39, 0.29) is 5.38 Å². The molecule has 0 fully saturated rings. The van der Waals surface area contributed by atoms with E-state index in [4.69, 9.17) is 16.3 Å². The number of aryl methyl sites for hydroxylation is 3. The van der Waals surface area contributed by atoms with Gasteiger partial charge in [-0.2, -0.15) is 0 Å². The average Bonchev–Trinajstić information content (AvgIpc) is 2.93. The molecule has 20 heavy (non-hydrogen) atoms. The Morgan fingerprint density at radius 1 is 1.05 bits per heavy atom.